The fourth-order valence-electron chi connectivity index (χ4n) is 2.97. The Kier molecular flexibility index (Phi) is 5.96. The van der Waals surface area contributed by atoms with Gasteiger partial charge >= 0.3 is 0 Å². The fourth-order valence-corrected chi connectivity index (χ4v) is 2.97. The summed E-state index contributed by atoms with van der Waals surface area (Å²) in [5.74, 6) is 0.377. The van der Waals surface area contributed by atoms with E-state index in [1.807, 2.05) is 18.2 Å². The third kappa shape index (κ3) is 3.84. The molecule has 2 amide bonds. The zero-order chi connectivity index (χ0) is 20.1. The van der Waals surface area contributed by atoms with Crippen molar-refractivity contribution in [1.29, 1.82) is 0 Å². The molecular weight excluding hydrogens is 360 g/mol. The van der Waals surface area contributed by atoms with E-state index in [0.717, 1.165) is 0 Å². The van der Waals surface area contributed by atoms with Crippen molar-refractivity contribution in [3.63, 3.8) is 0 Å². The van der Waals surface area contributed by atoms with E-state index in [1.165, 1.54) is 12.0 Å². The number of nitrogens with zero attached hydrogens (tertiary/aromatic N) is 1. The Morgan fingerprint density at radius 2 is 1.54 bits per heavy atom. The second-order valence-corrected chi connectivity index (χ2v) is 6.10. The van der Waals surface area contributed by atoms with Crippen LogP contribution in [0.3, 0.4) is 0 Å². The molecule has 0 fully saturated rings. The molecule has 1 aliphatic rings. The van der Waals surface area contributed by atoms with Crippen LogP contribution in [0.2, 0.25) is 0 Å². The van der Waals surface area contributed by atoms with Gasteiger partial charge in [-0.05, 0) is 5.56 Å². The summed E-state index contributed by atoms with van der Waals surface area (Å²) in [6.07, 6.45) is 0. The molecule has 7 nitrogen and oxygen atoms in total. The molecule has 1 heterocycles. The first kappa shape index (κ1) is 19.4. The Labute approximate surface area is 163 Å². The minimum atomic E-state index is -0.400. The first-order chi connectivity index (χ1) is 13.6. The van der Waals surface area contributed by atoms with Gasteiger partial charge in [0.05, 0.1) is 32.9 Å². The summed E-state index contributed by atoms with van der Waals surface area (Å²) in [5, 5.41) is 3.09. The maximum absolute atomic E-state index is 13.0. The quantitative estimate of drug-likeness (QED) is 0.707. The Morgan fingerprint density at radius 1 is 0.893 bits per heavy atom. The molecule has 2 aromatic carbocycles. The van der Waals surface area contributed by atoms with Crippen LogP contribution >= 0.6 is 0 Å². The molecule has 1 aliphatic heterocycles. The highest BCUT2D eigenvalue weighted by molar-refractivity contribution is 6.36. The lowest BCUT2D eigenvalue weighted by molar-refractivity contribution is -0.137. The van der Waals surface area contributed by atoms with Crippen molar-refractivity contribution < 1.29 is 23.8 Å². The maximum Gasteiger partial charge on any atom is 0.278 e. The summed E-state index contributed by atoms with van der Waals surface area (Å²) in [5.41, 5.74) is 1.78. The number of nitrogens with one attached hydrogen (secondary N) is 1. The van der Waals surface area contributed by atoms with E-state index in [1.54, 1.807) is 44.6 Å². The van der Waals surface area contributed by atoms with E-state index >= 15 is 0 Å². The summed E-state index contributed by atoms with van der Waals surface area (Å²) < 4.78 is 15.6. The van der Waals surface area contributed by atoms with Crippen LogP contribution in [-0.2, 0) is 14.3 Å². The minimum absolute atomic E-state index is 0.178. The Bertz CT molecular complexity index is 886. The summed E-state index contributed by atoms with van der Waals surface area (Å²) in [7, 11) is 4.62. The number of benzene rings is 2. The smallest absolute Gasteiger partial charge is 0.278 e. The molecule has 3 rings (SSSR count). The van der Waals surface area contributed by atoms with Crippen molar-refractivity contribution in [3.8, 4) is 11.5 Å². The van der Waals surface area contributed by atoms with E-state index in [-0.39, 0.29) is 24.8 Å². The van der Waals surface area contributed by atoms with Crippen LogP contribution in [0.25, 0.3) is 5.57 Å². The molecule has 1 N–H and O–H groups in total. The number of hydrogen-bond donors (Lipinski definition) is 1. The molecule has 0 bridgehead atoms. The second-order valence-electron chi connectivity index (χ2n) is 6.10. The van der Waals surface area contributed by atoms with Gasteiger partial charge in [-0.25, -0.2) is 0 Å². The number of ether oxygens (including phenoxy) is 3. The van der Waals surface area contributed by atoms with Crippen molar-refractivity contribution in [2.75, 3.05) is 39.8 Å². The van der Waals surface area contributed by atoms with Gasteiger partial charge in [-0.3, -0.25) is 14.5 Å². The molecule has 0 saturated carbocycles. The van der Waals surface area contributed by atoms with Crippen molar-refractivity contribution in [3.05, 3.63) is 59.8 Å². The van der Waals surface area contributed by atoms with Gasteiger partial charge in [0.25, 0.3) is 11.8 Å². The van der Waals surface area contributed by atoms with Crippen LogP contribution in [0.15, 0.2) is 54.2 Å². The van der Waals surface area contributed by atoms with Gasteiger partial charge in [0, 0.05) is 31.0 Å². The van der Waals surface area contributed by atoms with Gasteiger partial charge < -0.3 is 19.5 Å². The standard InChI is InChI=1S/C21H22N2O5/c1-26-10-9-23-20(24)18(14-7-5-4-6-8-14)19(21(23)25)22-15-11-16(27-2)13-17(12-15)28-3/h4-8,11-13,22H,9-10H2,1-3H3. The van der Waals surface area contributed by atoms with E-state index in [4.69, 9.17) is 14.2 Å². The first-order valence-corrected chi connectivity index (χ1v) is 8.74. The first-order valence-electron chi connectivity index (χ1n) is 8.74. The topological polar surface area (TPSA) is 77.1 Å². The molecule has 146 valence electrons. The third-order valence-electron chi connectivity index (χ3n) is 4.37. The van der Waals surface area contributed by atoms with Crippen molar-refractivity contribution >= 4 is 23.1 Å². The number of carbonyl (C=O) groups excluding carboxylic acids is 2. The number of imide groups is 1. The molecule has 0 spiro atoms. The van der Waals surface area contributed by atoms with Crippen LogP contribution in [-0.4, -0.2) is 51.2 Å². The average molecular weight is 382 g/mol. The summed E-state index contributed by atoms with van der Waals surface area (Å²) in [6.45, 7) is 0.441. The highest BCUT2D eigenvalue weighted by Gasteiger charge is 2.38. The van der Waals surface area contributed by atoms with Crippen molar-refractivity contribution in [1.82, 2.24) is 4.90 Å². The van der Waals surface area contributed by atoms with E-state index in [0.29, 0.717) is 28.3 Å². The van der Waals surface area contributed by atoms with Crippen LogP contribution in [0, 0.1) is 0 Å². The molecular formula is C21H22N2O5. The van der Waals surface area contributed by atoms with Crippen LogP contribution < -0.4 is 14.8 Å². The SMILES string of the molecule is COCCN1C(=O)C(Nc2cc(OC)cc(OC)c2)=C(c2ccccc2)C1=O. The van der Waals surface area contributed by atoms with Crippen molar-refractivity contribution in [2.24, 2.45) is 0 Å². The minimum Gasteiger partial charge on any atom is -0.497 e. The Balaban J connectivity index is 2.04. The second kappa shape index (κ2) is 8.58. The normalized spacial score (nSPS) is 13.9. The van der Waals surface area contributed by atoms with Crippen LogP contribution in [0.1, 0.15) is 5.56 Å². The van der Waals surface area contributed by atoms with Crippen LogP contribution in [0.4, 0.5) is 5.69 Å². The van der Waals surface area contributed by atoms with Crippen molar-refractivity contribution in [2.45, 2.75) is 0 Å². The molecule has 0 atom stereocenters. The number of anilines is 1. The number of rotatable bonds is 8. The average Bonchev–Trinajstić information content (AvgIpc) is 2.96. The predicted molar refractivity (Wildman–Crippen MR) is 105 cm³/mol. The number of hydrogen-bond acceptors (Lipinski definition) is 6. The van der Waals surface area contributed by atoms with E-state index < -0.39 is 5.91 Å². The zero-order valence-electron chi connectivity index (χ0n) is 16.0. The lowest BCUT2D eigenvalue weighted by Crippen LogP contribution is -2.35. The summed E-state index contributed by atoms with van der Waals surface area (Å²) in [6, 6.07) is 14.3. The maximum atomic E-state index is 13.0. The predicted octanol–water partition coefficient (Wildman–Crippen LogP) is 2.54. The summed E-state index contributed by atoms with van der Waals surface area (Å²) >= 11 is 0. The van der Waals surface area contributed by atoms with Gasteiger partial charge in [0.1, 0.15) is 17.2 Å². The molecule has 28 heavy (non-hydrogen) atoms. The number of amides is 2. The zero-order valence-corrected chi connectivity index (χ0v) is 16.0. The lowest BCUT2D eigenvalue weighted by Gasteiger charge is -2.15. The third-order valence-corrected chi connectivity index (χ3v) is 4.37. The van der Waals surface area contributed by atoms with E-state index in [2.05, 4.69) is 5.32 Å². The molecule has 0 saturated heterocycles. The highest BCUT2D eigenvalue weighted by atomic mass is 16.5. The Morgan fingerprint density at radius 3 is 2.11 bits per heavy atom. The largest absolute Gasteiger partial charge is 0.497 e. The fraction of sp³-hybridized carbons (Fsp3) is 0.238. The van der Waals surface area contributed by atoms with Crippen LogP contribution in [0.5, 0.6) is 11.5 Å². The Hall–Kier alpha value is -3.32. The number of methoxy groups -OCH3 is 3. The lowest BCUT2D eigenvalue weighted by atomic mass is 10.0. The molecule has 0 unspecified atom stereocenters. The van der Waals surface area contributed by atoms with Gasteiger partial charge in [0.2, 0.25) is 0 Å². The van der Waals surface area contributed by atoms with Gasteiger partial charge in [-0.2, -0.15) is 0 Å². The summed E-state index contributed by atoms with van der Waals surface area (Å²) in [4.78, 5) is 27.1. The molecule has 7 heteroatoms. The van der Waals surface area contributed by atoms with Gasteiger partial charge in [-0.1, -0.05) is 30.3 Å². The van der Waals surface area contributed by atoms with Gasteiger partial charge in [0.15, 0.2) is 0 Å². The van der Waals surface area contributed by atoms with Gasteiger partial charge in [-0.15, -0.1) is 0 Å². The molecule has 0 aliphatic carbocycles. The number of carbonyl (C=O) groups is 2. The molecule has 0 aromatic heterocycles. The van der Waals surface area contributed by atoms with E-state index in [9.17, 15) is 9.59 Å². The molecule has 0 radical (unpaired) electrons. The highest BCUT2D eigenvalue weighted by Crippen LogP contribution is 2.32. The molecule has 2 aromatic rings. The monoisotopic (exact) mass is 382 g/mol.